The van der Waals surface area contributed by atoms with E-state index in [1.54, 1.807) is 12.1 Å². The molecule has 1 atom stereocenters. The van der Waals surface area contributed by atoms with Crippen LogP contribution in [0.3, 0.4) is 0 Å². The van der Waals surface area contributed by atoms with Crippen molar-refractivity contribution in [2.75, 3.05) is 22.4 Å². The van der Waals surface area contributed by atoms with Crippen LogP contribution in [0.1, 0.15) is 37.3 Å². The summed E-state index contributed by atoms with van der Waals surface area (Å²) in [7, 11) is -3.26. The van der Waals surface area contributed by atoms with Crippen LogP contribution in [0.15, 0.2) is 48.5 Å². The lowest BCUT2D eigenvalue weighted by molar-refractivity contribution is -0.116. The quantitative estimate of drug-likeness (QED) is 0.822. The molecule has 0 aliphatic carbocycles. The van der Waals surface area contributed by atoms with Gasteiger partial charge in [0.25, 0.3) is 0 Å². The van der Waals surface area contributed by atoms with Crippen molar-refractivity contribution in [3.63, 3.8) is 0 Å². The summed E-state index contributed by atoms with van der Waals surface area (Å²) in [5.41, 5.74) is 3.53. The van der Waals surface area contributed by atoms with E-state index in [0.717, 1.165) is 5.56 Å². The predicted octanol–water partition coefficient (Wildman–Crippen LogP) is 3.78. The van der Waals surface area contributed by atoms with Gasteiger partial charge in [0.2, 0.25) is 15.9 Å². The number of anilines is 2. The number of hydrogen-bond donors (Lipinski definition) is 1. The summed E-state index contributed by atoms with van der Waals surface area (Å²) in [6.07, 6.45) is 2.28. The van der Waals surface area contributed by atoms with Crippen LogP contribution in [0.2, 0.25) is 0 Å². The first kappa shape index (κ1) is 19.4. The number of nitrogens with zero attached hydrogens (tertiary/aromatic N) is 1. The molecule has 0 fully saturated rings. The molecule has 1 N–H and O–H groups in total. The van der Waals surface area contributed by atoms with Crippen molar-refractivity contribution in [1.82, 2.24) is 0 Å². The highest BCUT2D eigenvalue weighted by Gasteiger charge is 2.26. The summed E-state index contributed by atoms with van der Waals surface area (Å²) in [5, 5.41) is 2.97. The zero-order valence-electron chi connectivity index (χ0n) is 16.0. The zero-order valence-corrected chi connectivity index (χ0v) is 16.8. The molecule has 0 radical (unpaired) electrons. The molecule has 2 aromatic rings. The Balaban J connectivity index is 1.71. The van der Waals surface area contributed by atoms with Crippen molar-refractivity contribution < 1.29 is 13.2 Å². The number of benzene rings is 2. The third kappa shape index (κ3) is 4.50. The summed E-state index contributed by atoms with van der Waals surface area (Å²) in [4.78, 5) is 12.6. The smallest absolute Gasteiger partial charge is 0.232 e. The maximum absolute atomic E-state index is 12.6. The van der Waals surface area contributed by atoms with Gasteiger partial charge in [-0.1, -0.05) is 44.2 Å². The number of amides is 1. The molecule has 3 rings (SSSR count). The largest absolute Gasteiger partial charge is 0.326 e. The minimum absolute atomic E-state index is 0.0320. The van der Waals surface area contributed by atoms with Gasteiger partial charge in [0.05, 0.1) is 11.9 Å². The molecule has 0 saturated carbocycles. The molecule has 27 heavy (non-hydrogen) atoms. The van der Waals surface area contributed by atoms with Crippen LogP contribution >= 0.6 is 0 Å². The molecule has 6 heteroatoms. The highest BCUT2D eigenvalue weighted by Crippen LogP contribution is 2.33. The van der Waals surface area contributed by atoms with Gasteiger partial charge in [-0.2, -0.15) is 0 Å². The molecule has 0 bridgehead atoms. The second-order valence-electron chi connectivity index (χ2n) is 7.44. The van der Waals surface area contributed by atoms with Gasteiger partial charge in [0, 0.05) is 18.7 Å². The normalized spacial score (nSPS) is 14.9. The van der Waals surface area contributed by atoms with E-state index in [-0.39, 0.29) is 11.8 Å². The Labute approximate surface area is 161 Å². The van der Waals surface area contributed by atoms with E-state index in [4.69, 9.17) is 0 Å². The molecular formula is C21H26N2O3S. The molecule has 0 spiro atoms. The number of rotatable bonds is 6. The summed E-state index contributed by atoms with van der Waals surface area (Å²) >= 11 is 0. The Morgan fingerprint density at radius 2 is 1.85 bits per heavy atom. The van der Waals surface area contributed by atoms with Gasteiger partial charge in [-0.05, 0) is 47.6 Å². The zero-order chi connectivity index (χ0) is 19.6. The molecule has 0 aromatic heterocycles. The van der Waals surface area contributed by atoms with Crippen molar-refractivity contribution in [2.24, 2.45) is 5.92 Å². The standard InChI is InChI=1S/C21H26N2O3S/c1-15(2)19(16-7-5-4-6-8-16)14-21(24)22-18-9-10-20-17(13-18)11-12-23(20)27(3,25)26/h4-10,13,15,19H,11-12,14H2,1-3H3,(H,22,24). The first-order valence-corrected chi connectivity index (χ1v) is 11.1. The average molecular weight is 387 g/mol. The lowest BCUT2D eigenvalue weighted by atomic mass is 9.85. The van der Waals surface area contributed by atoms with Gasteiger partial charge >= 0.3 is 0 Å². The molecule has 1 unspecified atom stereocenters. The summed E-state index contributed by atoms with van der Waals surface area (Å²) in [6, 6.07) is 15.5. The van der Waals surface area contributed by atoms with Crippen molar-refractivity contribution in [3.05, 3.63) is 59.7 Å². The topological polar surface area (TPSA) is 66.5 Å². The minimum atomic E-state index is -3.26. The molecule has 1 heterocycles. The van der Waals surface area contributed by atoms with Crippen LogP contribution in [-0.4, -0.2) is 27.1 Å². The minimum Gasteiger partial charge on any atom is -0.326 e. The molecule has 1 amide bonds. The SMILES string of the molecule is CC(C)C(CC(=O)Nc1ccc2c(c1)CCN2S(C)(=O)=O)c1ccccc1. The van der Waals surface area contributed by atoms with Crippen LogP contribution < -0.4 is 9.62 Å². The van der Waals surface area contributed by atoms with E-state index in [1.165, 1.54) is 16.1 Å². The molecule has 1 aliphatic rings. The highest BCUT2D eigenvalue weighted by molar-refractivity contribution is 7.92. The molecule has 0 saturated heterocycles. The fourth-order valence-corrected chi connectivity index (χ4v) is 4.60. The molecule has 1 aliphatic heterocycles. The summed E-state index contributed by atoms with van der Waals surface area (Å²) in [5.74, 6) is 0.471. The van der Waals surface area contributed by atoms with Crippen molar-refractivity contribution in [1.29, 1.82) is 0 Å². The van der Waals surface area contributed by atoms with Gasteiger partial charge in [-0.3, -0.25) is 9.10 Å². The van der Waals surface area contributed by atoms with E-state index >= 15 is 0 Å². The van der Waals surface area contributed by atoms with Gasteiger partial charge in [0.1, 0.15) is 0 Å². The first-order valence-electron chi connectivity index (χ1n) is 9.21. The van der Waals surface area contributed by atoms with Gasteiger partial charge in [0.15, 0.2) is 0 Å². The Morgan fingerprint density at radius 1 is 1.15 bits per heavy atom. The number of nitrogens with one attached hydrogen (secondary N) is 1. The van der Waals surface area contributed by atoms with E-state index < -0.39 is 10.0 Å². The molecule has 5 nitrogen and oxygen atoms in total. The molecule has 144 valence electrons. The first-order chi connectivity index (χ1) is 12.8. The van der Waals surface area contributed by atoms with Crippen molar-refractivity contribution >= 4 is 27.3 Å². The number of fused-ring (bicyclic) bond motifs is 1. The second kappa shape index (κ2) is 7.72. The Morgan fingerprint density at radius 3 is 2.48 bits per heavy atom. The van der Waals surface area contributed by atoms with E-state index in [2.05, 4.69) is 31.3 Å². The van der Waals surface area contributed by atoms with Gasteiger partial charge < -0.3 is 5.32 Å². The van der Waals surface area contributed by atoms with Gasteiger partial charge in [-0.25, -0.2) is 8.42 Å². The van der Waals surface area contributed by atoms with Crippen LogP contribution in [0.4, 0.5) is 11.4 Å². The van der Waals surface area contributed by atoms with E-state index in [0.29, 0.717) is 36.7 Å². The van der Waals surface area contributed by atoms with Crippen LogP contribution in [-0.2, 0) is 21.2 Å². The Kier molecular flexibility index (Phi) is 5.56. The molecule has 2 aromatic carbocycles. The maximum Gasteiger partial charge on any atom is 0.232 e. The monoisotopic (exact) mass is 386 g/mol. The molecular weight excluding hydrogens is 360 g/mol. The number of carbonyl (C=O) groups excluding carboxylic acids is 1. The maximum atomic E-state index is 12.6. The summed E-state index contributed by atoms with van der Waals surface area (Å²) < 4.78 is 25.1. The number of hydrogen-bond acceptors (Lipinski definition) is 3. The van der Waals surface area contributed by atoms with Crippen LogP contribution in [0, 0.1) is 5.92 Å². The van der Waals surface area contributed by atoms with E-state index in [1.807, 2.05) is 24.3 Å². The predicted molar refractivity (Wildman–Crippen MR) is 110 cm³/mol. The lowest BCUT2D eigenvalue weighted by Crippen LogP contribution is -2.27. The number of carbonyl (C=O) groups is 1. The third-order valence-electron chi connectivity index (χ3n) is 5.05. The lowest BCUT2D eigenvalue weighted by Gasteiger charge is -2.21. The van der Waals surface area contributed by atoms with Gasteiger partial charge in [-0.15, -0.1) is 0 Å². The van der Waals surface area contributed by atoms with Crippen molar-refractivity contribution in [3.8, 4) is 0 Å². The van der Waals surface area contributed by atoms with E-state index in [9.17, 15) is 13.2 Å². The average Bonchev–Trinajstić information content (AvgIpc) is 3.03. The summed E-state index contributed by atoms with van der Waals surface area (Å²) in [6.45, 7) is 4.70. The number of sulfonamides is 1. The highest BCUT2D eigenvalue weighted by atomic mass is 32.2. The fraction of sp³-hybridized carbons (Fsp3) is 0.381. The Bertz CT molecular complexity index is 924. The third-order valence-corrected chi connectivity index (χ3v) is 6.23. The second-order valence-corrected chi connectivity index (χ2v) is 9.35. The fourth-order valence-electron chi connectivity index (χ4n) is 3.64. The van der Waals surface area contributed by atoms with Crippen molar-refractivity contribution in [2.45, 2.75) is 32.6 Å². The van der Waals surface area contributed by atoms with Crippen LogP contribution in [0.25, 0.3) is 0 Å². The van der Waals surface area contributed by atoms with Crippen LogP contribution in [0.5, 0.6) is 0 Å². The Hall–Kier alpha value is -2.34.